The SMILES string of the molecule is C=C(C(=O)OC(C)C)C1CCCCC1.O=[N+]([O-])O. The van der Waals surface area contributed by atoms with Crippen molar-refractivity contribution >= 4 is 5.97 Å². The van der Waals surface area contributed by atoms with Gasteiger partial charge >= 0.3 is 5.97 Å². The Kier molecular flexibility index (Phi) is 7.74. The van der Waals surface area contributed by atoms with Gasteiger partial charge in [-0.25, -0.2) is 4.79 Å². The van der Waals surface area contributed by atoms with Gasteiger partial charge in [-0.2, -0.15) is 0 Å². The maximum Gasteiger partial charge on any atom is 0.333 e. The maximum absolute atomic E-state index is 11.5. The molecule has 1 fully saturated rings. The summed E-state index contributed by atoms with van der Waals surface area (Å²) in [7, 11) is 0. The van der Waals surface area contributed by atoms with Crippen LogP contribution in [-0.2, 0) is 9.53 Å². The molecule has 1 rings (SSSR count). The van der Waals surface area contributed by atoms with Crippen LogP contribution in [0.2, 0.25) is 0 Å². The van der Waals surface area contributed by atoms with E-state index in [0.29, 0.717) is 11.5 Å². The van der Waals surface area contributed by atoms with Crippen LogP contribution < -0.4 is 0 Å². The minimum absolute atomic E-state index is 0.0390. The monoisotopic (exact) mass is 259 g/mol. The second kappa shape index (κ2) is 8.49. The van der Waals surface area contributed by atoms with E-state index in [-0.39, 0.29) is 12.1 Å². The van der Waals surface area contributed by atoms with Crippen LogP contribution in [0.4, 0.5) is 0 Å². The minimum Gasteiger partial charge on any atom is -0.460 e. The van der Waals surface area contributed by atoms with Gasteiger partial charge in [0.1, 0.15) is 0 Å². The molecule has 1 aliphatic carbocycles. The summed E-state index contributed by atoms with van der Waals surface area (Å²) in [4.78, 5) is 19.9. The number of esters is 1. The third kappa shape index (κ3) is 7.65. The molecule has 1 aliphatic rings. The summed E-state index contributed by atoms with van der Waals surface area (Å²) in [6.07, 6.45) is 5.90. The van der Waals surface area contributed by atoms with E-state index in [0.717, 1.165) is 12.8 Å². The lowest BCUT2D eigenvalue weighted by atomic mass is 9.84. The first-order chi connectivity index (χ1) is 8.34. The molecule has 0 aromatic heterocycles. The summed E-state index contributed by atoms with van der Waals surface area (Å²) in [6.45, 7) is 7.59. The van der Waals surface area contributed by atoms with Crippen LogP contribution in [-0.4, -0.2) is 22.4 Å². The molecular formula is C12H21NO5. The van der Waals surface area contributed by atoms with Crippen LogP contribution >= 0.6 is 0 Å². The number of hydrogen-bond acceptors (Lipinski definition) is 4. The first-order valence-electron chi connectivity index (χ1n) is 6.07. The molecule has 0 atom stereocenters. The van der Waals surface area contributed by atoms with Gasteiger partial charge in [0.15, 0.2) is 0 Å². The second-order valence-corrected chi connectivity index (χ2v) is 4.55. The lowest BCUT2D eigenvalue weighted by Gasteiger charge is -2.23. The van der Waals surface area contributed by atoms with Crippen LogP contribution in [0.25, 0.3) is 0 Å². The van der Waals surface area contributed by atoms with Crippen molar-refractivity contribution in [1.29, 1.82) is 0 Å². The topological polar surface area (TPSA) is 89.7 Å². The third-order valence-electron chi connectivity index (χ3n) is 2.70. The van der Waals surface area contributed by atoms with Crippen molar-refractivity contribution in [1.82, 2.24) is 0 Å². The molecule has 0 heterocycles. The minimum atomic E-state index is -1.50. The highest BCUT2D eigenvalue weighted by atomic mass is 16.9. The molecule has 0 spiro atoms. The number of hydrogen-bond donors (Lipinski definition) is 1. The summed E-state index contributed by atoms with van der Waals surface area (Å²) >= 11 is 0. The first-order valence-corrected chi connectivity index (χ1v) is 6.07. The van der Waals surface area contributed by atoms with Gasteiger partial charge in [0, 0.05) is 5.57 Å². The zero-order valence-electron chi connectivity index (χ0n) is 10.9. The van der Waals surface area contributed by atoms with E-state index in [1.54, 1.807) is 0 Å². The largest absolute Gasteiger partial charge is 0.460 e. The Morgan fingerprint density at radius 1 is 1.39 bits per heavy atom. The van der Waals surface area contributed by atoms with Crippen molar-refractivity contribution in [3.05, 3.63) is 22.3 Å². The predicted octanol–water partition coefficient (Wildman–Crippen LogP) is 2.73. The van der Waals surface area contributed by atoms with E-state index in [2.05, 4.69) is 6.58 Å². The Balaban J connectivity index is 0.000000631. The molecule has 0 aliphatic heterocycles. The van der Waals surface area contributed by atoms with Crippen LogP contribution in [0, 0.1) is 16.0 Å². The zero-order valence-corrected chi connectivity index (χ0v) is 10.9. The molecule has 6 heteroatoms. The second-order valence-electron chi connectivity index (χ2n) is 4.55. The lowest BCUT2D eigenvalue weighted by Crippen LogP contribution is -2.20. The Morgan fingerprint density at radius 2 is 1.83 bits per heavy atom. The Labute approximate surface area is 107 Å². The Morgan fingerprint density at radius 3 is 2.22 bits per heavy atom. The van der Waals surface area contributed by atoms with Gasteiger partial charge in [-0.3, -0.25) is 0 Å². The fourth-order valence-electron chi connectivity index (χ4n) is 1.91. The van der Waals surface area contributed by atoms with Crippen molar-refractivity contribution in [3.8, 4) is 0 Å². The highest BCUT2D eigenvalue weighted by Gasteiger charge is 2.22. The molecular weight excluding hydrogens is 238 g/mol. The molecule has 6 nitrogen and oxygen atoms in total. The quantitative estimate of drug-likeness (QED) is 0.364. The summed E-state index contributed by atoms with van der Waals surface area (Å²) < 4.78 is 5.13. The fraction of sp³-hybridized carbons (Fsp3) is 0.750. The average Bonchev–Trinajstić information content (AvgIpc) is 2.27. The number of nitrogens with zero attached hydrogens (tertiary/aromatic N) is 1. The van der Waals surface area contributed by atoms with Crippen molar-refractivity contribution in [2.24, 2.45) is 5.92 Å². The van der Waals surface area contributed by atoms with E-state index in [1.165, 1.54) is 19.3 Å². The van der Waals surface area contributed by atoms with E-state index < -0.39 is 5.09 Å². The lowest BCUT2D eigenvalue weighted by molar-refractivity contribution is -0.742. The molecule has 0 aromatic carbocycles. The van der Waals surface area contributed by atoms with E-state index in [4.69, 9.17) is 20.1 Å². The van der Waals surface area contributed by atoms with Crippen molar-refractivity contribution in [3.63, 3.8) is 0 Å². The molecule has 0 aromatic rings. The van der Waals surface area contributed by atoms with Crippen LogP contribution in [0.15, 0.2) is 12.2 Å². The molecule has 104 valence electrons. The highest BCUT2D eigenvalue weighted by molar-refractivity contribution is 5.88. The van der Waals surface area contributed by atoms with Gasteiger partial charge < -0.3 is 9.94 Å². The van der Waals surface area contributed by atoms with Gasteiger partial charge in [-0.05, 0) is 32.6 Å². The highest BCUT2D eigenvalue weighted by Crippen LogP contribution is 2.29. The smallest absolute Gasteiger partial charge is 0.333 e. The van der Waals surface area contributed by atoms with Crippen LogP contribution in [0.5, 0.6) is 0 Å². The first kappa shape index (κ1) is 16.4. The van der Waals surface area contributed by atoms with Crippen LogP contribution in [0.3, 0.4) is 0 Å². The van der Waals surface area contributed by atoms with Gasteiger partial charge in [0.05, 0.1) is 6.10 Å². The summed E-state index contributed by atoms with van der Waals surface area (Å²) in [5, 5.41) is 13.6. The van der Waals surface area contributed by atoms with Crippen molar-refractivity contribution in [2.45, 2.75) is 52.1 Å². The molecule has 18 heavy (non-hydrogen) atoms. The van der Waals surface area contributed by atoms with Crippen LogP contribution in [0.1, 0.15) is 46.0 Å². The number of rotatable bonds is 3. The molecule has 1 saturated carbocycles. The van der Waals surface area contributed by atoms with Crippen molar-refractivity contribution in [2.75, 3.05) is 0 Å². The normalized spacial score (nSPS) is 15.5. The molecule has 0 amide bonds. The molecule has 0 bridgehead atoms. The van der Waals surface area contributed by atoms with E-state index in [9.17, 15) is 4.79 Å². The van der Waals surface area contributed by atoms with E-state index >= 15 is 0 Å². The summed E-state index contributed by atoms with van der Waals surface area (Å²) in [6, 6.07) is 0. The van der Waals surface area contributed by atoms with Crippen molar-refractivity contribution < 1.29 is 19.8 Å². The third-order valence-corrected chi connectivity index (χ3v) is 2.70. The zero-order chi connectivity index (χ0) is 14.1. The Hall–Kier alpha value is -1.59. The van der Waals surface area contributed by atoms with E-state index in [1.807, 2.05) is 13.8 Å². The van der Waals surface area contributed by atoms with Gasteiger partial charge in [-0.1, -0.05) is 25.8 Å². The summed E-state index contributed by atoms with van der Waals surface area (Å²) in [5.41, 5.74) is 0.679. The molecule has 0 saturated heterocycles. The standard InChI is InChI=1S/C12H20O2.HNO3/c1-9(2)14-12(13)10(3)11-7-5-4-6-8-11;2-1(3)4/h9,11H,3-8H2,1-2H3;(H,2,3,4). The fourth-order valence-corrected chi connectivity index (χ4v) is 1.91. The molecule has 1 N–H and O–H groups in total. The average molecular weight is 259 g/mol. The number of ether oxygens (including phenoxy) is 1. The van der Waals surface area contributed by atoms with Gasteiger partial charge in [0.25, 0.3) is 5.09 Å². The summed E-state index contributed by atoms with van der Waals surface area (Å²) in [5.74, 6) is 0.168. The van der Waals surface area contributed by atoms with Gasteiger partial charge in [0.2, 0.25) is 0 Å². The molecule has 0 radical (unpaired) electrons. The number of carbonyl (C=O) groups excluding carboxylic acids is 1. The predicted molar refractivity (Wildman–Crippen MR) is 65.7 cm³/mol. The molecule has 0 unspecified atom stereocenters. The maximum atomic E-state index is 11.5. The number of carbonyl (C=O) groups is 1. The van der Waals surface area contributed by atoms with Gasteiger partial charge in [-0.15, -0.1) is 10.1 Å². The Bertz CT molecular complexity index is 291.